The summed E-state index contributed by atoms with van der Waals surface area (Å²) in [4.78, 5) is 0. The highest BCUT2D eigenvalue weighted by Crippen LogP contribution is 2.05. The van der Waals surface area contributed by atoms with Gasteiger partial charge in [0.15, 0.2) is 0 Å². The maximum absolute atomic E-state index is 10.3. The third kappa shape index (κ3) is 28.7. The molecule has 0 atom stereocenters. The molecule has 0 rings (SSSR count). The number of hydrogen-bond donors (Lipinski definition) is 2. The summed E-state index contributed by atoms with van der Waals surface area (Å²) in [6.45, 7) is 5.24. The maximum Gasteiger partial charge on any atom is 0.264 e. The normalized spacial score (nSPS) is 11.0. The van der Waals surface area contributed by atoms with Crippen LogP contribution in [-0.4, -0.2) is 25.3 Å². The Balaban J connectivity index is 0. The molecule has 0 aromatic rings. The van der Waals surface area contributed by atoms with Gasteiger partial charge in [0.1, 0.15) is 0 Å². The Morgan fingerprint density at radius 3 is 1.48 bits per heavy atom. The molecule has 0 aromatic heterocycles. The predicted octanol–water partition coefficient (Wildman–Crippen LogP) is 4.54. The first kappa shape index (κ1) is 23.1. The highest BCUT2D eigenvalue weighted by molar-refractivity contribution is 7.85. The minimum absolute atomic E-state index is 0.0842. The van der Waals surface area contributed by atoms with Gasteiger partial charge in [-0.3, -0.25) is 4.55 Å². The summed E-state index contributed by atoms with van der Waals surface area (Å²) in [5.41, 5.74) is 5.34. The number of hydrogen-bond acceptors (Lipinski definition) is 3. The fourth-order valence-electron chi connectivity index (χ4n) is 1.99. The van der Waals surface area contributed by atoms with Crippen LogP contribution in [0.1, 0.15) is 90.9 Å². The van der Waals surface area contributed by atoms with Crippen LogP contribution in [0.5, 0.6) is 0 Å². The van der Waals surface area contributed by atoms with E-state index in [2.05, 4.69) is 13.8 Å². The van der Waals surface area contributed by atoms with Crippen molar-refractivity contribution in [2.24, 2.45) is 5.73 Å². The molecule has 0 aliphatic carbocycles. The van der Waals surface area contributed by atoms with E-state index >= 15 is 0 Å². The van der Waals surface area contributed by atoms with E-state index in [-0.39, 0.29) is 5.75 Å². The smallest absolute Gasteiger partial charge is 0.264 e. The quantitative estimate of drug-likeness (QED) is 0.385. The van der Waals surface area contributed by atoms with Gasteiger partial charge in [0.25, 0.3) is 10.1 Å². The molecule has 5 heteroatoms. The van der Waals surface area contributed by atoms with Crippen molar-refractivity contribution in [1.82, 2.24) is 0 Å². The van der Waals surface area contributed by atoms with Crippen molar-refractivity contribution >= 4 is 10.1 Å². The highest BCUT2D eigenvalue weighted by Gasteiger charge is 2.02. The Bertz CT molecular complexity index is 273. The topological polar surface area (TPSA) is 80.4 Å². The van der Waals surface area contributed by atoms with Crippen LogP contribution in [0.15, 0.2) is 0 Å². The first-order valence-electron chi connectivity index (χ1n) is 8.63. The second-order valence-electron chi connectivity index (χ2n) is 5.61. The molecule has 0 radical (unpaired) electrons. The highest BCUT2D eigenvalue weighted by atomic mass is 32.2. The molecule has 0 aliphatic heterocycles. The van der Waals surface area contributed by atoms with Gasteiger partial charge in [-0.15, -0.1) is 0 Å². The average molecular weight is 324 g/mol. The van der Waals surface area contributed by atoms with E-state index in [1.807, 2.05) is 0 Å². The molecule has 0 amide bonds. The van der Waals surface area contributed by atoms with Crippen molar-refractivity contribution < 1.29 is 13.0 Å². The van der Waals surface area contributed by atoms with Crippen LogP contribution in [0.25, 0.3) is 0 Å². The molecule has 4 nitrogen and oxygen atoms in total. The van der Waals surface area contributed by atoms with Crippen molar-refractivity contribution in [1.29, 1.82) is 0 Å². The largest absolute Gasteiger partial charge is 0.330 e. The van der Waals surface area contributed by atoms with E-state index in [1.54, 1.807) is 0 Å². The van der Waals surface area contributed by atoms with Crippen LogP contribution in [0.4, 0.5) is 0 Å². The van der Waals surface area contributed by atoms with E-state index in [1.165, 1.54) is 57.8 Å². The summed E-state index contributed by atoms with van der Waals surface area (Å²) in [5, 5.41) is 0. The van der Waals surface area contributed by atoms with Crippen LogP contribution in [0.2, 0.25) is 0 Å². The van der Waals surface area contributed by atoms with Gasteiger partial charge < -0.3 is 5.73 Å². The molecule has 21 heavy (non-hydrogen) atoms. The van der Waals surface area contributed by atoms with Crippen molar-refractivity contribution in [3.8, 4) is 0 Å². The van der Waals surface area contributed by atoms with E-state index in [4.69, 9.17) is 10.3 Å². The molecule has 0 aromatic carbocycles. The van der Waals surface area contributed by atoms with Gasteiger partial charge in [-0.2, -0.15) is 8.42 Å². The van der Waals surface area contributed by atoms with Crippen LogP contribution in [0.3, 0.4) is 0 Å². The Kier molecular flexibility index (Phi) is 19.7. The summed E-state index contributed by atoms with van der Waals surface area (Å²) >= 11 is 0. The standard InChI is InChI=1S/C8H19N.C8H18O3S/c1-2-3-4-5-6-7-8-9;1-2-3-4-5-6-7-8-12(9,10)11/h2-9H2,1H3;2-8H2,1H3,(H,9,10,11). The van der Waals surface area contributed by atoms with Crippen molar-refractivity contribution in [3.63, 3.8) is 0 Å². The lowest BCUT2D eigenvalue weighted by Gasteiger charge is -1.98. The van der Waals surface area contributed by atoms with Gasteiger partial charge in [-0.05, 0) is 19.4 Å². The molecule has 0 saturated heterocycles. The SMILES string of the molecule is CCCCCCCCN.CCCCCCCCS(=O)(=O)O. The molecule has 0 aliphatic rings. The summed E-state index contributed by atoms with van der Waals surface area (Å²) in [6.07, 6.45) is 14.2. The van der Waals surface area contributed by atoms with Gasteiger partial charge in [-0.1, -0.05) is 78.1 Å². The third-order valence-corrected chi connectivity index (χ3v) is 4.12. The van der Waals surface area contributed by atoms with E-state index in [0.717, 1.165) is 19.4 Å². The number of unbranched alkanes of at least 4 members (excludes halogenated alkanes) is 10. The zero-order valence-corrected chi connectivity index (χ0v) is 15.0. The minimum Gasteiger partial charge on any atom is -0.330 e. The number of rotatable bonds is 13. The van der Waals surface area contributed by atoms with E-state index < -0.39 is 10.1 Å². The molecule has 0 bridgehead atoms. The maximum atomic E-state index is 10.3. The van der Waals surface area contributed by atoms with E-state index in [0.29, 0.717) is 6.42 Å². The monoisotopic (exact) mass is 323 g/mol. The zero-order chi connectivity index (χ0) is 16.4. The average Bonchev–Trinajstić information content (AvgIpc) is 2.42. The summed E-state index contributed by atoms with van der Waals surface area (Å²) < 4.78 is 28.9. The lowest BCUT2D eigenvalue weighted by molar-refractivity contribution is 0.478. The van der Waals surface area contributed by atoms with Crippen LogP contribution in [0, 0.1) is 0 Å². The Hall–Kier alpha value is -0.130. The van der Waals surface area contributed by atoms with E-state index in [9.17, 15) is 8.42 Å². The van der Waals surface area contributed by atoms with Gasteiger partial charge in [-0.25, -0.2) is 0 Å². The molecule has 0 unspecified atom stereocenters. The van der Waals surface area contributed by atoms with Gasteiger partial charge in [0.05, 0.1) is 5.75 Å². The lowest BCUT2D eigenvalue weighted by atomic mass is 10.1. The lowest BCUT2D eigenvalue weighted by Crippen LogP contribution is -2.03. The second-order valence-corrected chi connectivity index (χ2v) is 7.18. The third-order valence-electron chi connectivity index (χ3n) is 3.31. The van der Waals surface area contributed by atoms with Crippen molar-refractivity contribution in [3.05, 3.63) is 0 Å². The van der Waals surface area contributed by atoms with Crippen LogP contribution >= 0.6 is 0 Å². The summed E-state index contributed by atoms with van der Waals surface area (Å²) in [6, 6.07) is 0. The van der Waals surface area contributed by atoms with Crippen molar-refractivity contribution in [2.75, 3.05) is 12.3 Å². The fraction of sp³-hybridized carbons (Fsp3) is 1.00. The molecule has 0 heterocycles. The van der Waals surface area contributed by atoms with Gasteiger partial charge in [0, 0.05) is 0 Å². The zero-order valence-electron chi connectivity index (χ0n) is 14.1. The molecule has 3 N–H and O–H groups in total. The van der Waals surface area contributed by atoms with Crippen LogP contribution in [-0.2, 0) is 10.1 Å². The second kappa shape index (κ2) is 17.9. The van der Waals surface area contributed by atoms with Crippen molar-refractivity contribution in [2.45, 2.75) is 90.9 Å². The predicted molar refractivity (Wildman–Crippen MR) is 92.2 cm³/mol. The van der Waals surface area contributed by atoms with Gasteiger partial charge >= 0.3 is 0 Å². The molecule has 0 saturated carbocycles. The molecule has 0 spiro atoms. The first-order chi connectivity index (χ1) is 9.97. The molecular formula is C16H37NO3S. The Labute approximate surface area is 132 Å². The summed E-state index contributed by atoms with van der Waals surface area (Å²) in [7, 11) is -3.72. The summed E-state index contributed by atoms with van der Waals surface area (Å²) in [5.74, 6) is -0.0842. The van der Waals surface area contributed by atoms with Gasteiger partial charge in [0.2, 0.25) is 0 Å². The Morgan fingerprint density at radius 1 is 0.714 bits per heavy atom. The first-order valence-corrected chi connectivity index (χ1v) is 10.2. The number of nitrogens with two attached hydrogens (primary N) is 1. The fourth-order valence-corrected chi connectivity index (χ4v) is 2.56. The molecular weight excluding hydrogens is 286 g/mol. The molecule has 0 fully saturated rings. The van der Waals surface area contributed by atoms with Crippen LogP contribution < -0.4 is 5.73 Å². The Morgan fingerprint density at radius 2 is 1.10 bits per heavy atom. The minimum atomic E-state index is -3.72. The molecule has 130 valence electrons.